The van der Waals surface area contributed by atoms with E-state index in [-0.39, 0.29) is 0 Å². The molecule has 0 bridgehead atoms. The predicted molar refractivity (Wildman–Crippen MR) is 43.1 cm³/mol. The van der Waals surface area contributed by atoms with Crippen LogP contribution in [0.3, 0.4) is 0 Å². The van der Waals surface area contributed by atoms with Crippen LogP contribution >= 0.6 is 0 Å². The first-order chi connectivity index (χ1) is 5.81. The minimum atomic E-state index is 0.428. The smallest absolute Gasteiger partial charge is 0.165 e. The molecule has 1 aliphatic carbocycles. The maximum absolute atomic E-state index is 5.48. The number of hydrogen-bond donors (Lipinski definition) is 1. The van der Waals surface area contributed by atoms with E-state index in [1.54, 1.807) is 0 Å². The van der Waals surface area contributed by atoms with Crippen LogP contribution in [0.2, 0.25) is 0 Å². The van der Waals surface area contributed by atoms with E-state index in [9.17, 15) is 0 Å². The van der Waals surface area contributed by atoms with Crippen LogP contribution in [0, 0.1) is 5.92 Å². The zero-order valence-electron chi connectivity index (χ0n) is 7.14. The Hall–Kier alpha value is -0.970. The van der Waals surface area contributed by atoms with Crippen LogP contribution < -0.4 is 5.73 Å². The summed E-state index contributed by atoms with van der Waals surface area (Å²) in [5.41, 5.74) is 5.48. The van der Waals surface area contributed by atoms with Gasteiger partial charge in [0.1, 0.15) is 0 Å². The third-order valence-corrected chi connectivity index (χ3v) is 2.44. The summed E-state index contributed by atoms with van der Waals surface area (Å²) in [4.78, 5) is 0. The molecular formula is C7H13N5. The van der Waals surface area contributed by atoms with Gasteiger partial charge in [-0.1, -0.05) is 6.92 Å². The van der Waals surface area contributed by atoms with Gasteiger partial charge in [-0.3, -0.25) is 0 Å². The molecule has 1 fully saturated rings. The first-order valence-electron chi connectivity index (χ1n) is 4.28. The fraction of sp³-hybridized carbons (Fsp3) is 0.857. The van der Waals surface area contributed by atoms with Crippen molar-refractivity contribution in [2.75, 3.05) is 0 Å². The largest absolute Gasteiger partial charge is 0.324 e. The second-order valence-electron chi connectivity index (χ2n) is 3.47. The SMILES string of the molecule is CC1CC(n2nnnc2CN)C1. The van der Waals surface area contributed by atoms with E-state index in [1.165, 1.54) is 12.8 Å². The molecule has 1 saturated carbocycles. The monoisotopic (exact) mass is 167 g/mol. The van der Waals surface area contributed by atoms with Crippen molar-refractivity contribution in [3.63, 3.8) is 0 Å². The molecule has 0 aromatic carbocycles. The molecule has 1 aromatic rings. The van der Waals surface area contributed by atoms with Gasteiger partial charge in [0.05, 0.1) is 12.6 Å². The number of rotatable bonds is 2. The quantitative estimate of drug-likeness (QED) is 0.678. The number of hydrogen-bond acceptors (Lipinski definition) is 4. The van der Waals surface area contributed by atoms with E-state index in [0.717, 1.165) is 11.7 Å². The van der Waals surface area contributed by atoms with E-state index in [0.29, 0.717) is 12.6 Å². The summed E-state index contributed by atoms with van der Waals surface area (Å²) >= 11 is 0. The lowest BCUT2D eigenvalue weighted by atomic mass is 9.82. The summed E-state index contributed by atoms with van der Waals surface area (Å²) in [6, 6.07) is 0.494. The molecule has 0 radical (unpaired) electrons. The first kappa shape index (κ1) is 7.67. The van der Waals surface area contributed by atoms with Crippen LogP contribution in [-0.2, 0) is 6.54 Å². The molecule has 2 N–H and O–H groups in total. The summed E-state index contributed by atoms with van der Waals surface area (Å²) in [5.74, 6) is 1.61. The van der Waals surface area contributed by atoms with Gasteiger partial charge < -0.3 is 5.73 Å². The maximum Gasteiger partial charge on any atom is 0.165 e. The lowest BCUT2D eigenvalue weighted by Crippen LogP contribution is -2.27. The number of nitrogens with two attached hydrogens (primary N) is 1. The second-order valence-corrected chi connectivity index (χ2v) is 3.47. The van der Waals surface area contributed by atoms with Crippen LogP contribution in [0.4, 0.5) is 0 Å². The molecule has 0 atom stereocenters. The van der Waals surface area contributed by atoms with Crippen LogP contribution in [0.15, 0.2) is 0 Å². The molecule has 0 aliphatic heterocycles. The second kappa shape index (κ2) is 2.82. The van der Waals surface area contributed by atoms with Crippen molar-refractivity contribution in [1.82, 2.24) is 20.2 Å². The van der Waals surface area contributed by atoms with Crippen LogP contribution in [0.25, 0.3) is 0 Å². The minimum Gasteiger partial charge on any atom is -0.324 e. The number of aromatic nitrogens is 4. The molecule has 66 valence electrons. The molecule has 12 heavy (non-hydrogen) atoms. The molecule has 5 heteroatoms. The molecule has 1 aromatic heterocycles. The topological polar surface area (TPSA) is 69.6 Å². The zero-order chi connectivity index (χ0) is 8.55. The van der Waals surface area contributed by atoms with Crippen LogP contribution in [-0.4, -0.2) is 20.2 Å². The van der Waals surface area contributed by atoms with Gasteiger partial charge in [0.2, 0.25) is 0 Å². The molecule has 0 saturated heterocycles. The maximum atomic E-state index is 5.48. The first-order valence-corrected chi connectivity index (χ1v) is 4.28. The summed E-state index contributed by atoms with van der Waals surface area (Å²) < 4.78 is 1.86. The fourth-order valence-electron chi connectivity index (χ4n) is 1.69. The van der Waals surface area contributed by atoms with Gasteiger partial charge in [-0.15, -0.1) is 5.10 Å². The van der Waals surface area contributed by atoms with E-state index < -0.39 is 0 Å². The highest BCUT2D eigenvalue weighted by Gasteiger charge is 2.29. The molecule has 0 amide bonds. The van der Waals surface area contributed by atoms with Gasteiger partial charge in [0, 0.05) is 0 Å². The zero-order valence-corrected chi connectivity index (χ0v) is 7.14. The van der Waals surface area contributed by atoms with Gasteiger partial charge in [0.25, 0.3) is 0 Å². The van der Waals surface area contributed by atoms with Gasteiger partial charge in [-0.25, -0.2) is 4.68 Å². The Kier molecular flexibility index (Phi) is 1.80. The van der Waals surface area contributed by atoms with Crippen molar-refractivity contribution in [2.45, 2.75) is 32.4 Å². The lowest BCUT2D eigenvalue weighted by molar-refractivity contribution is 0.193. The number of nitrogens with zero attached hydrogens (tertiary/aromatic N) is 4. The average Bonchev–Trinajstić information content (AvgIpc) is 2.45. The molecule has 5 nitrogen and oxygen atoms in total. The normalized spacial score (nSPS) is 28.5. The predicted octanol–water partition coefficient (Wildman–Crippen LogP) is 0.103. The van der Waals surface area contributed by atoms with Crippen molar-refractivity contribution in [2.24, 2.45) is 11.7 Å². The van der Waals surface area contributed by atoms with Crippen molar-refractivity contribution < 1.29 is 0 Å². The highest BCUT2D eigenvalue weighted by molar-refractivity contribution is 4.88. The standard InChI is InChI=1S/C7H13N5/c1-5-2-6(3-5)12-7(4-8)9-10-11-12/h5-6H,2-4,8H2,1H3. The minimum absolute atomic E-state index is 0.428. The van der Waals surface area contributed by atoms with E-state index in [1.807, 2.05) is 4.68 Å². The fourth-order valence-corrected chi connectivity index (χ4v) is 1.69. The highest BCUT2D eigenvalue weighted by Crippen LogP contribution is 2.36. The van der Waals surface area contributed by atoms with Crippen molar-refractivity contribution >= 4 is 0 Å². The lowest BCUT2D eigenvalue weighted by Gasteiger charge is -2.32. The third kappa shape index (κ3) is 1.10. The van der Waals surface area contributed by atoms with Crippen molar-refractivity contribution in [3.8, 4) is 0 Å². The molecule has 0 unspecified atom stereocenters. The molecular weight excluding hydrogens is 154 g/mol. The Labute approximate surface area is 70.9 Å². The van der Waals surface area contributed by atoms with Gasteiger partial charge in [-0.05, 0) is 29.2 Å². The van der Waals surface area contributed by atoms with Crippen molar-refractivity contribution in [3.05, 3.63) is 5.82 Å². The Morgan fingerprint density at radius 2 is 2.33 bits per heavy atom. The summed E-state index contributed by atoms with van der Waals surface area (Å²) in [5, 5.41) is 11.4. The van der Waals surface area contributed by atoms with Gasteiger partial charge in [0.15, 0.2) is 5.82 Å². The summed E-state index contributed by atoms with van der Waals surface area (Å²) in [6.45, 7) is 2.67. The van der Waals surface area contributed by atoms with E-state index in [2.05, 4.69) is 22.4 Å². The van der Waals surface area contributed by atoms with E-state index >= 15 is 0 Å². The Morgan fingerprint density at radius 3 is 2.92 bits per heavy atom. The van der Waals surface area contributed by atoms with Gasteiger partial charge in [-0.2, -0.15) is 0 Å². The van der Waals surface area contributed by atoms with Crippen molar-refractivity contribution in [1.29, 1.82) is 0 Å². The van der Waals surface area contributed by atoms with Gasteiger partial charge >= 0.3 is 0 Å². The summed E-state index contributed by atoms with van der Waals surface area (Å²) in [7, 11) is 0. The summed E-state index contributed by atoms with van der Waals surface area (Å²) in [6.07, 6.45) is 2.36. The third-order valence-electron chi connectivity index (χ3n) is 2.44. The molecule has 2 rings (SSSR count). The van der Waals surface area contributed by atoms with Crippen LogP contribution in [0.5, 0.6) is 0 Å². The Balaban J connectivity index is 2.12. The molecule has 1 aliphatic rings. The molecule has 0 spiro atoms. The Bertz CT molecular complexity index is 263. The average molecular weight is 167 g/mol. The highest BCUT2D eigenvalue weighted by atomic mass is 15.6. The molecule has 1 heterocycles. The van der Waals surface area contributed by atoms with E-state index in [4.69, 9.17) is 5.73 Å². The van der Waals surface area contributed by atoms with Crippen LogP contribution in [0.1, 0.15) is 31.6 Å². The Morgan fingerprint density at radius 1 is 1.58 bits per heavy atom. The number of tetrazole rings is 1.